The first-order valence-corrected chi connectivity index (χ1v) is 7.32. The predicted molar refractivity (Wildman–Crippen MR) is 85.3 cm³/mol. The van der Waals surface area contributed by atoms with Crippen LogP contribution in [0.25, 0.3) is 0 Å². The second-order valence-corrected chi connectivity index (χ2v) is 5.54. The first kappa shape index (κ1) is 16.6. The van der Waals surface area contributed by atoms with E-state index in [9.17, 15) is 9.18 Å². The number of carbonyl (C=O) groups excluding carboxylic acids is 1. The minimum atomic E-state index is -0.432. The van der Waals surface area contributed by atoms with E-state index in [2.05, 4.69) is 0 Å². The third-order valence-corrected chi connectivity index (χ3v) is 3.41. The quantitative estimate of drug-likeness (QED) is 0.812. The Labute approximate surface area is 138 Å². The average Bonchev–Trinajstić information content (AvgIpc) is 2.47. The van der Waals surface area contributed by atoms with Gasteiger partial charge in [-0.3, -0.25) is 4.79 Å². The Morgan fingerprint density at radius 3 is 2.45 bits per heavy atom. The smallest absolute Gasteiger partial charge is 0.253 e. The van der Waals surface area contributed by atoms with Crippen molar-refractivity contribution in [2.75, 3.05) is 20.2 Å². The summed E-state index contributed by atoms with van der Waals surface area (Å²) < 4.78 is 18.7. The van der Waals surface area contributed by atoms with Gasteiger partial charge in [0, 0.05) is 22.7 Å². The third-order valence-electron chi connectivity index (χ3n) is 2.98. The molecule has 116 valence electrons. The molecule has 2 rings (SSSR count). The highest BCUT2D eigenvalue weighted by Crippen LogP contribution is 2.20. The molecule has 1 amide bonds. The van der Waals surface area contributed by atoms with Crippen LogP contribution in [-0.2, 0) is 0 Å². The maximum Gasteiger partial charge on any atom is 0.253 e. The van der Waals surface area contributed by atoms with E-state index in [0.29, 0.717) is 22.2 Å². The van der Waals surface area contributed by atoms with E-state index >= 15 is 0 Å². The van der Waals surface area contributed by atoms with Gasteiger partial charge >= 0.3 is 0 Å². The Hall–Kier alpha value is -1.78. The molecule has 0 heterocycles. The Morgan fingerprint density at radius 1 is 1.18 bits per heavy atom. The molecule has 0 aromatic heterocycles. The third kappa shape index (κ3) is 4.36. The van der Waals surface area contributed by atoms with E-state index in [1.165, 1.54) is 17.0 Å². The highest BCUT2D eigenvalue weighted by atomic mass is 35.5. The number of likely N-dealkylation sites (N-methyl/N-ethyl adjacent to an activating group) is 1. The molecular formula is C16H14Cl2FNO2. The van der Waals surface area contributed by atoms with Crippen LogP contribution in [0.4, 0.5) is 4.39 Å². The molecule has 0 N–H and O–H groups in total. The molecule has 0 radical (unpaired) electrons. The molecule has 0 bridgehead atoms. The van der Waals surface area contributed by atoms with Gasteiger partial charge in [0.05, 0.1) is 6.54 Å². The van der Waals surface area contributed by atoms with E-state index in [0.717, 1.165) is 0 Å². The molecule has 0 aliphatic rings. The van der Waals surface area contributed by atoms with Crippen LogP contribution in [0, 0.1) is 5.82 Å². The minimum absolute atomic E-state index is 0.161. The number of rotatable bonds is 5. The number of amides is 1. The fourth-order valence-electron chi connectivity index (χ4n) is 1.85. The van der Waals surface area contributed by atoms with Crippen LogP contribution < -0.4 is 4.74 Å². The van der Waals surface area contributed by atoms with Crippen molar-refractivity contribution >= 4 is 29.1 Å². The van der Waals surface area contributed by atoms with Gasteiger partial charge in [-0.05, 0) is 30.3 Å². The number of para-hydroxylation sites is 1. The maximum absolute atomic E-state index is 13.4. The van der Waals surface area contributed by atoms with Crippen LogP contribution in [0.15, 0.2) is 42.5 Å². The molecule has 0 aliphatic heterocycles. The van der Waals surface area contributed by atoms with Gasteiger partial charge in [-0.15, -0.1) is 0 Å². The van der Waals surface area contributed by atoms with Crippen molar-refractivity contribution < 1.29 is 13.9 Å². The Bertz CT molecular complexity index is 659. The summed E-state index contributed by atoms with van der Waals surface area (Å²) in [5.41, 5.74) is 0.394. The van der Waals surface area contributed by atoms with E-state index in [-0.39, 0.29) is 18.3 Å². The molecule has 6 heteroatoms. The molecule has 0 fully saturated rings. The summed E-state index contributed by atoms with van der Waals surface area (Å²) in [5, 5.41) is 0.790. The molecule has 2 aromatic carbocycles. The topological polar surface area (TPSA) is 29.5 Å². The van der Waals surface area contributed by atoms with Gasteiger partial charge in [0.1, 0.15) is 6.61 Å². The highest BCUT2D eigenvalue weighted by Gasteiger charge is 2.13. The number of halogens is 3. The molecule has 0 atom stereocenters. The van der Waals surface area contributed by atoms with Gasteiger partial charge in [-0.2, -0.15) is 0 Å². The number of ether oxygens (including phenoxy) is 1. The molecule has 22 heavy (non-hydrogen) atoms. The highest BCUT2D eigenvalue weighted by molar-refractivity contribution is 6.35. The number of benzene rings is 2. The fourth-order valence-corrected chi connectivity index (χ4v) is 2.38. The SMILES string of the molecule is CN(CCOc1ccccc1F)C(=O)c1cc(Cl)cc(Cl)c1. The van der Waals surface area contributed by atoms with Gasteiger partial charge in [0.25, 0.3) is 5.91 Å². The summed E-state index contributed by atoms with van der Waals surface area (Å²) in [5.74, 6) is -0.506. The molecule has 2 aromatic rings. The molecule has 0 saturated heterocycles. The van der Waals surface area contributed by atoms with Gasteiger partial charge in [-0.1, -0.05) is 35.3 Å². The van der Waals surface area contributed by atoms with Gasteiger partial charge < -0.3 is 9.64 Å². The van der Waals surface area contributed by atoms with E-state index in [1.807, 2.05) is 0 Å². The van der Waals surface area contributed by atoms with Gasteiger partial charge in [0.2, 0.25) is 0 Å². The number of nitrogens with zero attached hydrogens (tertiary/aromatic N) is 1. The van der Waals surface area contributed by atoms with Crippen LogP contribution in [0.3, 0.4) is 0 Å². The van der Waals surface area contributed by atoms with Crippen molar-refractivity contribution in [2.45, 2.75) is 0 Å². The predicted octanol–water partition coefficient (Wildman–Crippen LogP) is 4.28. The summed E-state index contributed by atoms with van der Waals surface area (Å²) in [7, 11) is 1.63. The zero-order valence-electron chi connectivity index (χ0n) is 11.9. The zero-order chi connectivity index (χ0) is 16.1. The van der Waals surface area contributed by atoms with Crippen LogP contribution in [0.2, 0.25) is 10.0 Å². The number of carbonyl (C=O) groups is 1. The Morgan fingerprint density at radius 2 is 1.82 bits per heavy atom. The van der Waals surface area contributed by atoms with Crippen LogP contribution in [0.1, 0.15) is 10.4 Å². The first-order chi connectivity index (χ1) is 10.5. The average molecular weight is 342 g/mol. The van der Waals surface area contributed by atoms with E-state index in [4.69, 9.17) is 27.9 Å². The summed E-state index contributed by atoms with van der Waals surface area (Å²) in [6, 6.07) is 10.8. The van der Waals surface area contributed by atoms with Crippen molar-refractivity contribution in [3.8, 4) is 5.75 Å². The largest absolute Gasteiger partial charge is 0.489 e. The lowest BCUT2D eigenvalue weighted by molar-refractivity contribution is 0.0773. The second kappa shape index (κ2) is 7.47. The molecular weight excluding hydrogens is 328 g/mol. The lowest BCUT2D eigenvalue weighted by atomic mass is 10.2. The summed E-state index contributed by atoms with van der Waals surface area (Å²) in [4.78, 5) is 13.7. The molecule has 0 aliphatic carbocycles. The lowest BCUT2D eigenvalue weighted by Crippen LogP contribution is -2.31. The van der Waals surface area contributed by atoms with Crippen molar-refractivity contribution in [1.82, 2.24) is 4.90 Å². The van der Waals surface area contributed by atoms with Gasteiger partial charge in [0.15, 0.2) is 11.6 Å². The lowest BCUT2D eigenvalue weighted by Gasteiger charge is -2.18. The van der Waals surface area contributed by atoms with Crippen LogP contribution >= 0.6 is 23.2 Å². The standard InChI is InChI=1S/C16H14Cl2FNO2/c1-20(6-7-22-15-5-3-2-4-14(15)19)16(21)11-8-12(17)10-13(18)9-11/h2-5,8-10H,6-7H2,1H3. The van der Waals surface area contributed by atoms with Crippen molar-refractivity contribution in [3.05, 3.63) is 63.9 Å². The second-order valence-electron chi connectivity index (χ2n) is 4.66. The number of hydrogen-bond acceptors (Lipinski definition) is 2. The number of hydrogen-bond donors (Lipinski definition) is 0. The monoisotopic (exact) mass is 341 g/mol. The zero-order valence-corrected chi connectivity index (χ0v) is 13.4. The van der Waals surface area contributed by atoms with Crippen molar-refractivity contribution in [3.63, 3.8) is 0 Å². The van der Waals surface area contributed by atoms with Crippen molar-refractivity contribution in [2.24, 2.45) is 0 Å². The molecule has 3 nitrogen and oxygen atoms in total. The minimum Gasteiger partial charge on any atom is -0.489 e. The maximum atomic E-state index is 13.4. The molecule has 0 saturated carbocycles. The summed E-state index contributed by atoms with van der Waals surface area (Å²) >= 11 is 11.8. The molecule has 0 spiro atoms. The normalized spacial score (nSPS) is 10.4. The van der Waals surface area contributed by atoms with Crippen LogP contribution in [0.5, 0.6) is 5.75 Å². The molecule has 0 unspecified atom stereocenters. The van der Waals surface area contributed by atoms with E-state index < -0.39 is 5.82 Å². The Balaban J connectivity index is 1.93. The summed E-state index contributed by atoms with van der Waals surface area (Å²) in [6.07, 6.45) is 0. The summed E-state index contributed by atoms with van der Waals surface area (Å²) in [6.45, 7) is 0.481. The first-order valence-electron chi connectivity index (χ1n) is 6.56. The van der Waals surface area contributed by atoms with Gasteiger partial charge in [-0.25, -0.2) is 4.39 Å². The van der Waals surface area contributed by atoms with Crippen molar-refractivity contribution in [1.29, 1.82) is 0 Å². The Kier molecular flexibility index (Phi) is 5.63. The van der Waals surface area contributed by atoms with Crippen LogP contribution in [-0.4, -0.2) is 31.0 Å². The van der Waals surface area contributed by atoms with E-state index in [1.54, 1.807) is 37.4 Å². The fraction of sp³-hybridized carbons (Fsp3) is 0.188.